The van der Waals surface area contributed by atoms with Crippen LogP contribution in [0, 0.1) is 11.7 Å². The van der Waals surface area contributed by atoms with Crippen LogP contribution >= 0.6 is 0 Å². The first-order valence-electron chi connectivity index (χ1n) is 7.15. The molecule has 7 heteroatoms. The third-order valence-corrected chi connectivity index (χ3v) is 3.99. The molecule has 0 spiro atoms. The van der Waals surface area contributed by atoms with E-state index in [2.05, 4.69) is 0 Å². The molecule has 124 valence electrons. The van der Waals surface area contributed by atoms with Crippen LogP contribution in [0.5, 0.6) is 11.5 Å². The Labute approximate surface area is 126 Å². The number of halogens is 4. The lowest BCUT2D eigenvalue weighted by Crippen LogP contribution is -2.32. The fourth-order valence-electron chi connectivity index (χ4n) is 2.70. The van der Waals surface area contributed by atoms with Crippen molar-refractivity contribution in [2.24, 2.45) is 11.7 Å². The van der Waals surface area contributed by atoms with Gasteiger partial charge in [-0.05, 0) is 31.7 Å². The fourth-order valence-corrected chi connectivity index (χ4v) is 2.70. The summed E-state index contributed by atoms with van der Waals surface area (Å²) in [5.74, 6) is -1.47. The number of methoxy groups -OCH3 is 1. The largest absolute Gasteiger partial charge is 0.496 e. The highest BCUT2D eigenvalue weighted by molar-refractivity contribution is 5.41. The average Bonchev–Trinajstić information content (AvgIpc) is 2.48. The first kappa shape index (κ1) is 16.9. The standard InChI is InChI=1S/C15H19F4NO2/c1-21-13-7-14(12(16)6-9(13)8-20)22-11-4-2-10(3-5-11)15(17,18)19/h6-7,10-11H,2-5,8,20H2,1H3. The summed E-state index contributed by atoms with van der Waals surface area (Å²) in [6, 6.07) is 2.63. The lowest BCUT2D eigenvalue weighted by Gasteiger charge is -2.30. The zero-order chi connectivity index (χ0) is 16.3. The monoisotopic (exact) mass is 321 g/mol. The molecule has 0 aromatic heterocycles. The normalized spacial score (nSPS) is 22.5. The zero-order valence-corrected chi connectivity index (χ0v) is 12.3. The molecule has 1 fully saturated rings. The highest BCUT2D eigenvalue weighted by Crippen LogP contribution is 2.39. The Hall–Kier alpha value is -1.50. The van der Waals surface area contributed by atoms with Crippen LogP contribution in [0.1, 0.15) is 31.2 Å². The summed E-state index contributed by atoms with van der Waals surface area (Å²) in [4.78, 5) is 0. The summed E-state index contributed by atoms with van der Waals surface area (Å²) in [7, 11) is 1.44. The van der Waals surface area contributed by atoms with Crippen LogP contribution < -0.4 is 15.2 Å². The van der Waals surface area contributed by atoms with Gasteiger partial charge in [0.25, 0.3) is 0 Å². The van der Waals surface area contributed by atoms with Crippen molar-refractivity contribution in [3.8, 4) is 11.5 Å². The number of benzene rings is 1. The maximum atomic E-state index is 14.0. The van der Waals surface area contributed by atoms with E-state index in [1.807, 2.05) is 0 Å². The third-order valence-electron chi connectivity index (χ3n) is 3.99. The van der Waals surface area contributed by atoms with Crippen molar-refractivity contribution in [1.82, 2.24) is 0 Å². The Balaban J connectivity index is 2.03. The summed E-state index contributed by atoms with van der Waals surface area (Å²) < 4.78 is 62.4. The Kier molecular flexibility index (Phi) is 5.16. The fraction of sp³-hybridized carbons (Fsp3) is 0.600. The SMILES string of the molecule is COc1cc(OC2CCC(C(F)(F)F)CC2)c(F)cc1CN. The van der Waals surface area contributed by atoms with Crippen LogP contribution in [0.25, 0.3) is 0 Å². The maximum absolute atomic E-state index is 14.0. The van der Waals surface area contributed by atoms with Gasteiger partial charge in [-0.25, -0.2) is 4.39 Å². The van der Waals surface area contributed by atoms with Gasteiger partial charge in [-0.3, -0.25) is 0 Å². The molecular formula is C15H19F4NO2. The van der Waals surface area contributed by atoms with Crippen LogP contribution in [0.2, 0.25) is 0 Å². The van der Waals surface area contributed by atoms with Crippen molar-refractivity contribution in [2.75, 3.05) is 7.11 Å². The molecule has 0 atom stereocenters. The van der Waals surface area contributed by atoms with E-state index < -0.39 is 24.0 Å². The average molecular weight is 321 g/mol. The van der Waals surface area contributed by atoms with Crippen molar-refractivity contribution in [3.05, 3.63) is 23.5 Å². The highest BCUT2D eigenvalue weighted by Gasteiger charge is 2.41. The number of alkyl halides is 3. The van der Waals surface area contributed by atoms with E-state index in [1.54, 1.807) is 0 Å². The van der Waals surface area contributed by atoms with Crippen molar-refractivity contribution < 1.29 is 27.0 Å². The number of hydrogen-bond donors (Lipinski definition) is 1. The Bertz CT molecular complexity index is 511. The van der Waals surface area contributed by atoms with Gasteiger partial charge < -0.3 is 15.2 Å². The lowest BCUT2D eigenvalue weighted by molar-refractivity contribution is -0.185. The lowest BCUT2D eigenvalue weighted by atomic mass is 9.87. The van der Waals surface area contributed by atoms with Crippen molar-refractivity contribution in [2.45, 2.75) is 44.5 Å². The van der Waals surface area contributed by atoms with Gasteiger partial charge in [-0.15, -0.1) is 0 Å². The molecule has 0 unspecified atom stereocenters. The van der Waals surface area contributed by atoms with Gasteiger partial charge in [0.15, 0.2) is 11.6 Å². The van der Waals surface area contributed by atoms with Crippen LogP contribution in [0.15, 0.2) is 12.1 Å². The number of ether oxygens (including phenoxy) is 2. The van der Waals surface area contributed by atoms with Crippen molar-refractivity contribution in [3.63, 3.8) is 0 Å². The molecule has 1 aliphatic carbocycles. The van der Waals surface area contributed by atoms with Gasteiger partial charge in [-0.1, -0.05) is 0 Å². The van der Waals surface area contributed by atoms with Crippen LogP contribution in [0.4, 0.5) is 17.6 Å². The number of hydrogen-bond acceptors (Lipinski definition) is 3. The summed E-state index contributed by atoms with van der Waals surface area (Å²) in [6.07, 6.45) is -4.06. The molecular weight excluding hydrogens is 302 g/mol. The number of nitrogens with two attached hydrogens (primary N) is 1. The van der Waals surface area contributed by atoms with E-state index in [4.69, 9.17) is 15.2 Å². The smallest absolute Gasteiger partial charge is 0.391 e. The molecule has 1 aliphatic rings. The quantitative estimate of drug-likeness (QED) is 0.858. The molecule has 1 aromatic carbocycles. The summed E-state index contributed by atoms with van der Waals surface area (Å²) in [5.41, 5.74) is 6.00. The predicted molar refractivity (Wildman–Crippen MR) is 73.3 cm³/mol. The van der Waals surface area contributed by atoms with Crippen LogP contribution in [-0.4, -0.2) is 19.4 Å². The second kappa shape index (κ2) is 6.73. The topological polar surface area (TPSA) is 44.5 Å². The summed E-state index contributed by atoms with van der Waals surface area (Å²) >= 11 is 0. The summed E-state index contributed by atoms with van der Waals surface area (Å²) in [6.45, 7) is 0.122. The van der Waals surface area contributed by atoms with Gasteiger partial charge in [0.2, 0.25) is 0 Å². The van der Waals surface area contributed by atoms with E-state index >= 15 is 0 Å². The van der Waals surface area contributed by atoms with Crippen molar-refractivity contribution in [1.29, 1.82) is 0 Å². The van der Waals surface area contributed by atoms with Gasteiger partial charge in [-0.2, -0.15) is 13.2 Å². The molecule has 0 heterocycles. The predicted octanol–water partition coefficient (Wildman–Crippen LogP) is 3.79. The van der Waals surface area contributed by atoms with Gasteiger partial charge in [0.05, 0.1) is 19.1 Å². The minimum absolute atomic E-state index is 0.00774. The second-order valence-corrected chi connectivity index (χ2v) is 5.43. The Morgan fingerprint density at radius 3 is 2.27 bits per heavy atom. The second-order valence-electron chi connectivity index (χ2n) is 5.43. The van der Waals surface area contributed by atoms with Crippen LogP contribution in [-0.2, 0) is 6.54 Å². The molecule has 0 radical (unpaired) electrons. The number of rotatable bonds is 4. The van der Waals surface area contributed by atoms with Crippen LogP contribution in [0.3, 0.4) is 0 Å². The molecule has 0 aliphatic heterocycles. The van der Waals surface area contributed by atoms with Gasteiger partial charge in [0.1, 0.15) is 5.75 Å². The first-order valence-corrected chi connectivity index (χ1v) is 7.15. The minimum atomic E-state index is -4.16. The molecule has 0 bridgehead atoms. The first-order chi connectivity index (χ1) is 10.3. The molecule has 0 saturated heterocycles. The minimum Gasteiger partial charge on any atom is -0.496 e. The third kappa shape index (κ3) is 3.82. The Morgan fingerprint density at radius 1 is 1.14 bits per heavy atom. The van der Waals surface area contributed by atoms with Gasteiger partial charge in [0, 0.05) is 18.2 Å². The maximum Gasteiger partial charge on any atom is 0.391 e. The van der Waals surface area contributed by atoms with Crippen molar-refractivity contribution >= 4 is 0 Å². The molecule has 1 aromatic rings. The van der Waals surface area contributed by atoms with Gasteiger partial charge >= 0.3 is 6.18 Å². The Morgan fingerprint density at radius 2 is 1.77 bits per heavy atom. The molecule has 2 rings (SSSR count). The molecule has 0 amide bonds. The van der Waals surface area contributed by atoms with E-state index in [-0.39, 0.29) is 38.0 Å². The highest BCUT2D eigenvalue weighted by atomic mass is 19.4. The zero-order valence-electron chi connectivity index (χ0n) is 12.3. The molecule has 1 saturated carbocycles. The molecule has 22 heavy (non-hydrogen) atoms. The molecule has 3 nitrogen and oxygen atoms in total. The van der Waals surface area contributed by atoms with E-state index in [1.165, 1.54) is 19.2 Å². The van der Waals surface area contributed by atoms with E-state index in [0.717, 1.165) is 0 Å². The van der Waals surface area contributed by atoms with E-state index in [0.29, 0.717) is 11.3 Å². The summed E-state index contributed by atoms with van der Waals surface area (Å²) in [5, 5.41) is 0. The van der Waals surface area contributed by atoms with E-state index in [9.17, 15) is 17.6 Å². The molecule has 2 N–H and O–H groups in total.